The van der Waals surface area contributed by atoms with Crippen LogP contribution < -0.4 is 0 Å². The number of hydrogen-bond acceptors (Lipinski definition) is 1. The minimum absolute atomic E-state index is 1.37. The third-order valence-electron chi connectivity index (χ3n) is 5.16. The average Bonchev–Trinajstić information content (AvgIpc) is 2.58. The van der Waals surface area contributed by atoms with Gasteiger partial charge in [0.25, 0.3) is 0 Å². The van der Waals surface area contributed by atoms with Crippen LogP contribution in [0.15, 0.2) is 0 Å². The number of rotatable bonds is 9. The second-order valence-electron chi connectivity index (χ2n) is 7.51. The Labute approximate surface area is 182 Å². The van der Waals surface area contributed by atoms with Gasteiger partial charge in [-0.25, -0.2) is 0 Å². The first kappa shape index (κ1) is 28.4. The van der Waals surface area contributed by atoms with Crippen molar-refractivity contribution >= 4 is 45.0 Å². The molecule has 0 atom stereocenters. The van der Waals surface area contributed by atoms with E-state index >= 15 is 0 Å². The maximum Gasteiger partial charge on any atom is 0 e. The fourth-order valence-electron chi connectivity index (χ4n) is 3.65. The van der Waals surface area contributed by atoms with Crippen LogP contribution in [0.3, 0.4) is 0 Å². The number of piperazine rings is 3. The van der Waals surface area contributed by atoms with Gasteiger partial charge >= 0.3 is 33.0 Å². The fraction of sp³-hybridized carbons (Fsp3) is 1.00. The molecule has 0 aliphatic carbocycles. The van der Waals surface area contributed by atoms with Crippen molar-refractivity contribution in [1.82, 2.24) is 4.90 Å². The largest absolute Gasteiger partial charge is 0 e. The number of fused-ring (bicyclic) bond motifs is 3. The van der Waals surface area contributed by atoms with Crippen molar-refractivity contribution in [3.8, 4) is 0 Å². The molecule has 0 unspecified atom stereocenters. The monoisotopic (exact) mass is 652 g/mol. The molecule has 0 aromatic carbocycles. The van der Waals surface area contributed by atoms with E-state index in [0.717, 1.165) is 0 Å². The van der Waals surface area contributed by atoms with Crippen molar-refractivity contribution < 1.29 is 29.7 Å². The molecule has 3 aliphatic rings. The van der Waals surface area contributed by atoms with Crippen molar-refractivity contribution in [3.05, 3.63) is 0 Å². The van der Waals surface area contributed by atoms with Crippen molar-refractivity contribution in [2.24, 2.45) is 0 Å². The van der Waals surface area contributed by atoms with Crippen molar-refractivity contribution in [2.75, 3.05) is 45.8 Å². The summed E-state index contributed by atoms with van der Waals surface area (Å²) in [6, 6.07) is 0. The molecule has 27 heavy (non-hydrogen) atoms. The number of unbranched alkanes of at least 4 members (excludes halogenated alkanes) is 7. The van der Waals surface area contributed by atoms with Gasteiger partial charge in [0, 0.05) is 56.9 Å². The van der Waals surface area contributed by atoms with Crippen molar-refractivity contribution in [1.29, 1.82) is 0 Å². The summed E-state index contributed by atoms with van der Waals surface area (Å²) in [4.78, 5) is 2.65. The summed E-state index contributed by atoms with van der Waals surface area (Å²) in [7, 11) is -10.7. The summed E-state index contributed by atoms with van der Waals surface area (Å²) in [6.45, 7) is 12.2. The van der Waals surface area contributed by atoms with Crippen molar-refractivity contribution in [3.63, 3.8) is 0 Å². The van der Waals surface area contributed by atoms with Gasteiger partial charge in [-0.15, -0.1) is 0 Å². The van der Waals surface area contributed by atoms with Gasteiger partial charge in [-0.3, -0.25) is 4.90 Å². The van der Waals surface area contributed by atoms with Crippen LogP contribution in [0.5, 0.6) is 0 Å². The average molecular weight is 652 g/mol. The molecule has 3 heterocycles. The van der Waals surface area contributed by atoms with Gasteiger partial charge in [-0.2, -0.15) is 0 Å². The minimum Gasteiger partial charge on any atom is 0 e. The molecule has 3 saturated heterocycles. The molecule has 168 valence electrons. The SMILES string of the molecule is CCCCCCCCCC[N+]12CCN(CC1)CC2.F[P-](F)(F)(F)(F)F.II. The molecule has 0 saturated carbocycles. The molecule has 0 N–H and O–H groups in total. The summed E-state index contributed by atoms with van der Waals surface area (Å²) in [5.74, 6) is 0. The molecule has 3 fully saturated rings. The summed E-state index contributed by atoms with van der Waals surface area (Å²) < 4.78 is 60.7. The van der Waals surface area contributed by atoms with Crippen LogP contribution in [-0.4, -0.2) is 55.2 Å². The van der Waals surface area contributed by atoms with E-state index in [1.807, 2.05) is 0 Å². The van der Waals surface area contributed by atoms with Gasteiger partial charge in [0.1, 0.15) is 0 Å². The molecular weight excluding hydrogens is 619 g/mol. The molecule has 0 aromatic rings. The third kappa shape index (κ3) is 19.1. The second-order valence-corrected chi connectivity index (χ2v) is 9.43. The summed E-state index contributed by atoms with van der Waals surface area (Å²) in [5.41, 5.74) is 0. The van der Waals surface area contributed by atoms with E-state index in [0.29, 0.717) is 0 Å². The van der Waals surface area contributed by atoms with E-state index in [4.69, 9.17) is 0 Å². The topological polar surface area (TPSA) is 3.24 Å². The molecule has 0 amide bonds. The van der Waals surface area contributed by atoms with Gasteiger partial charge in [-0.05, 0) is 12.8 Å². The van der Waals surface area contributed by atoms with Crippen molar-refractivity contribution in [2.45, 2.75) is 58.3 Å². The molecule has 3 rings (SSSR count). The predicted octanol–water partition coefficient (Wildman–Crippen LogP) is 8.43. The first-order chi connectivity index (χ1) is 12.3. The second kappa shape index (κ2) is 11.7. The standard InChI is InChI=1S/C16H33N2.F6P.I2/c1-2-3-4-5-6-7-8-9-13-18-14-10-17(11-15-18)12-16-18;1-7(2,3,4,5)6;1-2/h2-16H2,1H3;;/q+1;-1;. The normalized spacial score (nSPS) is 26.8. The zero-order chi connectivity index (χ0) is 21.1. The Hall–Kier alpha value is 1.39. The maximum absolute atomic E-state index is 10.7. The first-order valence-corrected chi connectivity index (χ1v) is 17.9. The Morgan fingerprint density at radius 3 is 1.41 bits per heavy atom. The van der Waals surface area contributed by atoms with E-state index < -0.39 is 7.81 Å². The molecule has 0 radical (unpaired) electrons. The summed E-state index contributed by atoms with van der Waals surface area (Å²) in [6.07, 6.45) is 11.7. The summed E-state index contributed by atoms with van der Waals surface area (Å²) >= 11 is 4.24. The minimum atomic E-state index is -10.7. The van der Waals surface area contributed by atoms with Crippen LogP contribution in [0.4, 0.5) is 25.2 Å². The zero-order valence-electron chi connectivity index (χ0n) is 16.0. The summed E-state index contributed by atoms with van der Waals surface area (Å²) in [5, 5.41) is 0. The number of halogens is 8. The Morgan fingerprint density at radius 2 is 1.04 bits per heavy atom. The van der Waals surface area contributed by atoms with E-state index in [2.05, 4.69) is 49.1 Å². The van der Waals surface area contributed by atoms with Gasteiger partial charge in [0.15, 0.2) is 0 Å². The molecule has 11 heteroatoms. The van der Waals surface area contributed by atoms with Gasteiger partial charge < -0.3 is 4.48 Å². The predicted molar refractivity (Wildman–Crippen MR) is 120 cm³/mol. The fourth-order valence-corrected chi connectivity index (χ4v) is 3.65. The van der Waals surface area contributed by atoms with Crippen LogP contribution in [0.1, 0.15) is 58.3 Å². The maximum atomic E-state index is 9.87. The molecule has 0 spiro atoms. The smallest absolute Gasteiger partial charge is 0 e. The Balaban J connectivity index is 0.000000637. The van der Waals surface area contributed by atoms with Crippen LogP contribution in [0.25, 0.3) is 0 Å². The van der Waals surface area contributed by atoms with Crippen LogP contribution >= 0.6 is 45.0 Å². The van der Waals surface area contributed by atoms with E-state index in [-0.39, 0.29) is 0 Å². The number of hydrogen-bond donors (Lipinski definition) is 0. The van der Waals surface area contributed by atoms with Crippen LogP contribution in [0.2, 0.25) is 0 Å². The first-order valence-electron chi connectivity index (χ1n) is 9.58. The van der Waals surface area contributed by atoms with Gasteiger partial charge in [0.2, 0.25) is 0 Å². The Bertz CT molecular complexity index is 375. The molecule has 2 nitrogen and oxygen atoms in total. The molecule has 2 bridgehead atoms. The van der Waals surface area contributed by atoms with Gasteiger partial charge in [-0.1, -0.05) is 45.4 Å². The van der Waals surface area contributed by atoms with Crippen LogP contribution in [-0.2, 0) is 0 Å². The van der Waals surface area contributed by atoms with Gasteiger partial charge in [0.05, 0.1) is 26.2 Å². The zero-order valence-corrected chi connectivity index (χ0v) is 21.2. The Morgan fingerprint density at radius 1 is 0.704 bits per heavy atom. The molecule has 3 aliphatic heterocycles. The number of nitrogens with zero attached hydrogens (tertiary/aromatic N) is 2. The van der Waals surface area contributed by atoms with E-state index in [9.17, 15) is 25.2 Å². The van der Waals surface area contributed by atoms with E-state index in [1.54, 1.807) is 0 Å². The molecule has 0 aromatic heterocycles. The quantitative estimate of drug-likeness (QED) is 0.0796. The van der Waals surface area contributed by atoms with E-state index in [1.165, 1.54) is 102 Å². The number of quaternary nitrogens is 1. The Kier molecular flexibility index (Phi) is 12.3. The molecular formula is C16H33F6I2N2P. The van der Waals surface area contributed by atoms with Crippen LogP contribution in [0, 0.1) is 0 Å². The third-order valence-corrected chi connectivity index (χ3v) is 5.16.